The minimum absolute atomic E-state index is 0.0906. The predicted molar refractivity (Wildman–Crippen MR) is 147 cm³/mol. The molecule has 1 aliphatic rings. The second-order valence-corrected chi connectivity index (χ2v) is 9.35. The maximum absolute atomic E-state index is 13.3. The van der Waals surface area contributed by atoms with Crippen LogP contribution in [0.25, 0.3) is 0 Å². The molecule has 1 fully saturated rings. The molecule has 0 bridgehead atoms. The number of nitrogens with zero attached hydrogens (tertiary/aromatic N) is 2. The highest BCUT2D eigenvalue weighted by Crippen LogP contribution is 2.09. The molecule has 1 aliphatic heterocycles. The van der Waals surface area contributed by atoms with E-state index < -0.39 is 42.0 Å². The number of carbonyl (C=O) groups excluding carboxylic acids is 3. The molecule has 222 valence electrons. The lowest BCUT2D eigenvalue weighted by atomic mass is 10.0. The van der Waals surface area contributed by atoms with Gasteiger partial charge >= 0.3 is 5.97 Å². The van der Waals surface area contributed by atoms with E-state index in [0.717, 1.165) is 6.42 Å². The van der Waals surface area contributed by atoms with Crippen LogP contribution in [-0.4, -0.2) is 91.1 Å². The number of carboxylic acids is 1. The molecule has 0 spiro atoms. The lowest BCUT2D eigenvalue weighted by Gasteiger charge is -2.25. The molecule has 39 heavy (non-hydrogen) atoms. The summed E-state index contributed by atoms with van der Waals surface area (Å²) in [6, 6.07) is -3.63. The van der Waals surface area contributed by atoms with E-state index in [4.69, 9.17) is 28.7 Å². The van der Waals surface area contributed by atoms with Crippen LogP contribution in [-0.2, 0) is 19.2 Å². The van der Waals surface area contributed by atoms with Crippen molar-refractivity contribution in [3.63, 3.8) is 0 Å². The number of hydrogen-bond donors (Lipinski definition) is 10. The first-order chi connectivity index (χ1) is 18.5. The largest absolute Gasteiger partial charge is 0.480 e. The minimum atomic E-state index is -1.19. The topological polar surface area (TPSA) is 291 Å². The molecule has 0 aliphatic carbocycles. The molecule has 0 saturated carbocycles. The minimum Gasteiger partial charge on any atom is -0.480 e. The smallest absolute Gasteiger partial charge is 0.326 e. The Hall–Kier alpha value is -3.66. The van der Waals surface area contributed by atoms with Crippen molar-refractivity contribution in [3.8, 4) is 0 Å². The standard InChI is InChI=1S/C23H45N11O5/c24-10-2-1-6-17(21(38)39)34-20(37)16(9-5-13-31-23(27)28)33-19(36)15(8-4-12-30-22(25)26)32-18(35)14-7-3-11-29-14/h14-17,29H,1-13,24H2,(H,32,35)(H,33,36)(H,34,37)(H,38,39)(H4,25,26,30)(H4,27,28,31). The highest BCUT2D eigenvalue weighted by atomic mass is 16.4. The summed E-state index contributed by atoms with van der Waals surface area (Å²) in [5.74, 6) is -2.99. The van der Waals surface area contributed by atoms with Crippen molar-refractivity contribution in [2.45, 2.75) is 82.0 Å². The molecule has 0 aromatic heterocycles. The molecule has 0 aromatic carbocycles. The highest BCUT2D eigenvalue weighted by molar-refractivity contribution is 5.94. The molecule has 3 amide bonds. The summed E-state index contributed by atoms with van der Waals surface area (Å²) in [6.45, 7) is 1.55. The monoisotopic (exact) mass is 555 g/mol. The van der Waals surface area contributed by atoms with Gasteiger partial charge in [-0.1, -0.05) is 0 Å². The summed E-state index contributed by atoms with van der Waals surface area (Å²) in [7, 11) is 0. The Morgan fingerprint density at radius 2 is 1.31 bits per heavy atom. The van der Waals surface area contributed by atoms with E-state index in [1.54, 1.807) is 0 Å². The van der Waals surface area contributed by atoms with Gasteiger partial charge in [-0.2, -0.15) is 0 Å². The van der Waals surface area contributed by atoms with Crippen molar-refractivity contribution < 1.29 is 24.3 Å². The molecule has 4 atom stereocenters. The van der Waals surface area contributed by atoms with Gasteiger partial charge in [0.15, 0.2) is 11.9 Å². The average molecular weight is 556 g/mol. The number of nitrogens with two attached hydrogens (primary N) is 5. The summed E-state index contributed by atoms with van der Waals surface area (Å²) >= 11 is 0. The van der Waals surface area contributed by atoms with Crippen LogP contribution in [0.3, 0.4) is 0 Å². The summed E-state index contributed by atoms with van der Waals surface area (Å²) < 4.78 is 0. The van der Waals surface area contributed by atoms with E-state index in [2.05, 4.69) is 31.3 Å². The van der Waals surface area contributed by atoms with E-state index in [-0.39, 0.29) is 50.2 Å². The molecule has 16 nitrogen and oxygen atoms in total. The number of rotatable bonds is 19. The van der Waals surface area contributed by atoms with Crippen LogP contribution in [0.15, 0.2) is 9.98 Å². The van der Waals surface area contributed by atoms with Crippen LogP contribution < -0.4 is 49.9 Å². The Bertz CT molecular complexity index is 853. The van der Waals surface area contributed by atoms with Gasteiger partial charge in [-0.25, -0.2) is 4.79 Å². The molecule has 1 rings (SSSR count). The third-order valence-electron chi connectivity index (χ3n) is 6.09. The number of nitrogens with one attached hydrogen (secondary N) is 4. The van der Waals surface area contributed by atoms with Crippen LogP contribution in [0.1, 0.15) is 57.8 Å². The molecule has 0 aromatic rings. The Balaban J connectivity index is 3.00. The third kappa shape index (κ3) is 14.2. The molecule has 1 saturated heterocycles. The molecule has 15 N–H and O–H groups in total. The molecule has 16 heteroatoms. The maximum atomic E-state index is 13.3. The van der Waals surface area contributed by atoms with Crippen LogP contribution >= 0.6 is 0 Å². The lowest BCUT2D eigenvalue weighted by molar-refractivity contribution is -0.142. The molecular formula is C23H45N11O5. The highest BCUT2D eigenvalue weighted by Gasteiger charge is 2.31. The number of unbranched alkanes of at least 4 members (excludes halogenated alkanes) is 1. The Labute approximate surface area is 228 Å². The van der Waals surface area contributed by atoms with Gasteiger partial charge in [0.1, 0.15) is 18.1 Å². The second-order valence-electron chi connectivity index (χ2n) is 9.35. The van der Waals surface area contributed by atoms with Gasteiger partial charge in [-0.05, 0) is 70.9 Å². The molecule has 0 radical (unpaired) electrons. The zero-order chi connectivity index (χ0) is 29.2. The number of aliphatic carboxylic acids is 1. The summed E-state index contributed by atoms with van der Waals surface area (Å²) in [5, 5.41) is 20.5. The first kappa shape index (κ1) is 33.4. The fraction of sp³-hybridized carbons (Fsp3) is 0.739. The first-order valence-corrected chi connectivity index (χ1v) is 13.2. The van der Waals surface area contributed by atoms with Crippen LogP contribution in [0.2, 0.25) is 0 Å². The Morgan fingerprint density at radius 3 is 1.77 bits per heavy atom. The Morgan fingerprint density at radius 1 is 0.795 bits per heavy atom. The van der Waals surface area contributed by atoms with Gasteiger partial charge in [0.05, 0.1) is 6.04 Å². The van der Waals surface area contributed by atoms with Crippen LogP contribution in [0.5, 0.6) is 0 Å². The number of aliphatic imine (C=N–C) groups is 2. The third-order valence-corrected chi connectivity index (χ3v) is 6.09. The van der Waals surface area contributed by atoms with E-state index in [9.17, 15) is 24.3 Å². The van der Waals surface area contributed by atoms with Gasteiger partial charge in [0.2, 0.25) is 17.7 Å². The van der Waals surface area contributed by atoms with Crippen molar-refractivity contribution in [1.29, 1.82) is 0 Å². The number of hydrogen-bond acceptors (Lipinski definition) is 8. The summed E-state index contributed by atoms with van der Waals surface area (Å²) in [4.78, 5) is 58.6. The molecule has 1 heterocycles. The predicted octanol–water partition coefficient (Wildman–Crippen LogP) is -3.49. The lowest BCUT2D eigenvalue weighted by Crippen LogP contribution is -2.57. The van der Waals surface area contributed by atoms with Crippen molar-refractivity contribution >= 4 is 35.6 Å². The maximum Gasteiger partial charge on any atom is 0.326 e. The summed E-state index contributed by atoms with van der Waals surface area (Å²) in [5.41, 5.74) is 26.9. The number of carboxylic acid groups (broad SMARTS) is 1. The Kier molecular flexibility index (Phi) is 15.9. The molecule has 4 unspecified atom stereocenters. The van der Waals surface area contributed by atoms with Crippen molar-refractivity contribution in [2.75, 3.05) is 26.2 Å². The van der Waals surface area contributed by atoms with E-state index in [0.29, 0.717) is 45.2 Å². The zero-order valence-corrected chi connectivity index (χ0v) is 22.4. The second kappa shape index (κ2) is 18.6. The van der Waals surface area contributed by atoms with Crippen molar-refractivity contribution in [1.82, 2.24) is 21.3 Å². The fourth-order valence-corrected chi connectivity index (χ4v) is 4.02. The quantitative estimate of drug-likeness (QED) is 0.0424. The van der Waals surface area contributed by atoms with Crippen molar-refractivity contribution in [2.24, 2.45) is 38.7 Å². The van der Waals surface area contributed by atoms with E-state index in [1.807, 2.05) is 0 Å². The molecular weight excluding hydrogens is 510 g/mol. The average Bonchev–Trinajstić information content (AvgIpc) is 3.41. The normalized spacial score (nSPS) is 16.8. The van der Waals surface area contributed by atoms with Gasteiger partial charge in [-0.15, -0.1) is 0 Å². The SMILES string of the molecule is NCCCCC(NC(=O)C(CCCN=C(N)N)NC(=O)C(CCCN=C(N)N)NC(=O)C1CCCN1)C(=O)O. The number of guanidine groups is 2. The van der Waals surface area contributed by atoms with Gasteiger partial charge in [0, 0.05) is 13.1 Å². The van der Waals surface area contributed by atoms with Gasteiger partial charge < -0.3 is 55.0 Å². The van der Waals surface area contributed by atoms with Gasteiger partial charge in [0.25, 0.3) is 0 Å². The van der Waals surface area contributed by atoms with Crippen LogP contribution in [0.4, 0.5) is 0 Å². The fourth-order valence-electron chi connectivity index (χ4n) is 4.02. The number of carbonyl (C=O) groups is 4. The van der Waals surface area contributed by atoms with Gasteiger partial charge in [-0.3, -0.25) is 24.4 Å². The van der Waals surface area contributed by atoms with Crippen molar-refractivity contribution in [3.05, 3.63) is 0 Å². The zero-order valence-electron chi connectivity index (χ0n) is 22.4. The summed E-state index contributed by atoms with van der Waals surface area (Å²) in [6.07, 6.45) is 3.84. The van der Waals surface area contributed by atoms with Crippen LogP contribution in [0, 0.1) is 0 Å². The van der Waals surface area contributed by atoms with E-state index >= 15 is 0 Å². The first-order valence-electron chi connectivity index (χ1n) is 13.2. The van der Waals surface area contributed by atoms with E-state index in [1.165, 1.54) is 0 Å². The number of amides is 3.